The molecule has 1 rings (SSSR count). The van der Waals surface area contributed by atoms with Crippen LogP contribution in [-0.2, 0) is 11.2 Å². The molecule has 1 aromatic rings. The summed E-state index contributed by atoms with van der Waals surface area (Å²) < 4.78 is 0. The molecule has 5 nitrogen and oxygen atoms in total. The zero-order valence-corrected chi connectivity index (χ0v) is 8.66. The molecule has 15 heavy (non-hydrogen) atoms. The molecule has 0 saturated carbocycles. The summed E-state index contributed by atoms with van der Waals surface area (Å²) in [6.45, 7) is 2.32. The Morgan fingerprint density at radius 2 is 2.60 bits per heavy atom. The molecule has 2 N–H and O–H groups in total. The normalized spacial score (nSPS) is 11.7. The van der Waals surface area contributed by atoms with Crippen molar-refractivity contribution in [3.63, 3.8) is 0 Å². The van der Waals surface area contributed by atoms with E-state index in [0.29, 0.717) is 19.4 Å². The van der Waals surface area contributed by atoms with Crippen molar-refractivity contribution >= 4 is 5.91 Å². The van der Waals surface area contributed by atoms with Crippen LogP contribution in [0.25, 0.3) is 0 Å². The lowest BCUT2D eigenvalue weighted by atomic mass is 10.1. The van der Waals surface area contributed by atoms with Crippen LogP contribution in [0.15, 0.2) is 12.4 Å². The predicted molar refractivity (Wildman–Crippen MR) is 54.7 cm³/mol. The summed E-state index contributed by atoms with van der Waals surface area (Å²) in [4.78, 5) is 18.3. The van der Waals surface area contributed by atoms with Crippen molar-refractivity contribution in [1.29, 1.82) is 5.26 Å². The highest BCUT2D eigenvalue weighted by molar-refractivity contribution is 5.80. The average Bonchev–Trinajstić information content (AvgIpc) is 2.72. The molecule has 1 aromatic heterocycles. The van der Waals surface area contributed by atoms with E-state index in [9.17, 15) is 4.79 Å². The highest BCUT2D eigenvalue weighted by Crippen LogP contribution is 1.99. The maximum atomic E-state index is 11.4. The molecule has 0 saturated heterocycles. The van der Waals surface area contributed by atoms with E-state index in [-0.39, 0.29) is 5.91 Å². The van der Waals surface area contributed by atoms with Gasteiger partial charge in [0.15, 0.2) is 0 Å². The third-order valence-electron chi connectivity index (χ3n) is 2.10. The summed E-state index contributed by atoms with van der Waals surface area (Å²) in [6, 6.07) is 1.96. The summed E-state index contributed by atoms with van der Waals surface area (Å²) in [5.41, 5.74) is 0. The van der Waals surface area contributed by atoms with E-state index >= 15 is 0 Å². The number of aromatic nitrogens is 2. The van der Waals surface area contributed by atoms with Crippen molar-refractivity contribution in [2.75, 3.05) is 6.54 Å². The molecular formula is C10H14N4O. The van der Waals surface area contributed by atoms with Gasteiger partial charge in [0.05, 0.1) is 6.07 Å². The Bertz CT molecular complexity index is 339. The quantitative estimate of drug-likeness (QED) is 0.740. The second-order valence-corrected chi connectivity index (χ2v) is 3.17. The molecule has 0 aromatic carbocycles. The van der Waals surface area contributed by atoms with Crippen LogP contribution in [0.3, 0.4) is 0 Å². The molecule has 80 valence electrons. The van der Waals surface area contributed by atoms with Gasteiger partial charge in [-0.3, -0.25) is 4.79 Å². The summed E-state index contributed by atoms with van der Waals surface area (Å²) in [5.74, 6) is 0.0912. The molecule has 1 heterocycles. The number of nitriles is 1. The lowest BCUT2D eigenvalue weighted by molar-refractivity contribution is -0.123. The number of imidazole rings is 1. The topological polar surface area (TPSA) is 81.6 Å². The van der Waals surface area contributed by atoms with Gasteiger partial charge in [-0.25, -0.2) is 4.98 Å². The number of nitrogens with one attached hydrogen (secondary N) is 2. The fourth-order valence-electron chi connectivity index (χ4n) is 1.20. The van der Waals surface area contributed by atoms with E-state index in [0.717, 1.165) is 5.82 Å². The minimum Gasteiger partial charge on any atom is -0.355 e. The van der Waals surface area contributed by atoms with Crippen molar-refractivity contribution in [3.05, 3.63) is 18.2 Å². The predicted octanol–water partition coefficient (Wildman–Crippen LogP) is 0.618. The van der Waals surface area contributed by atoms with Crippen molar-refractivity contribution in [3.8, 4) is 6.07 Å². The molecule has 0 aliphatic carbocycles. The maximum Gasteiger partial charge on any atom is 0.237 e. The summed E-state index contributed by atoms with van der Waals surface area (Å²) in [5, 5.41) is 11.4. The molecule has 0 radical (unpaired) electrons. The van der Waals surface area contributed by atoms with Crippen LogP contribution >= 0.6 is 0 Å². The van der Waals surface area contributed by atoms with Gasteiger partial charge in [0.1, 0.15) is 11.7 Å². The number of carbonyl (C=O) groups is 1. The van der Waals surface area contributed by atoms with E-state index in [1.807, 2.05) is 13.0 Å². The Kier molecular flexibility index (Phi) is 4.35. The number of aromatic amines is 1. The van der Waals surface area contributed by atoms with Crippen molar-refractivity contribution in [1.82, 2.24) is 15.3 Å². The fraction of sp³-hybridized carbons (Fsp3) is 0.500. The van der Waals surface area contributed by atoms with Crippen molar-refractivity contribution in [2.24, 2.45) is 5.92 Å². The van der Waals surface area contributed by atoms with E-state index in [1.165, 1.54) is 0 Å². The molecule has 1 atom stereocenters. The Morgan fingerprint density at radius 3 is 3.13 bits per heavy atom. The van der Waals surface area contributed by atoms with Crippen LogP contribution in [0.5, 0.6) is 0 Å². The number of nitrogens with zero attached hydrogens (tertiary/aromatic N) is 2. The molecule has 1 amide bonds. The molecular weight excluding hydrogens is 192 g/mol. The third-order valence-corrected chi connectivity index (χ3v) is 2.10. The standard InChI is InChI=1S/C10H14N4O/c1-2-8(7-11)10(15)14-4-3-9-12-5-6-13-9/h5-6,8H,2-4H2,1H3,(H,12,13)(H,14,15). The first-order chi connectivity index (χ1) is 7.27. The van der Waals surface area contributed by atoms with E-state index in [4.69, 9.17) is 5.26 Å². The number of hydrogen-bond acceptors (Lipinski definition) is 3. The van der Waals surface area contributed by atoms with Gasteiger partial charge in [-0.05, 0) is 6.42 Å². The minimum atomic E-state index is -0.540. The number of carbonyl (C=O) groups excluding carboxylic acids is 1. The van der Waals surface area contributed by atoms with Crippen LogP contribution in [0.4, 0.5) is 0 Å². The highest BCUT2D eigenvalue weighted by atomic mass is 16.1. The van der Waals surface area contributed by atoms with E-state index < -0.39 is 5.92 Å². The van der Waals surface area contributed by atoms with Crippen LogP contribution in [0, 0.1) is 17.2 Å². The minimum absolute atomic E-state index is 0.202. The highest BCUT2D eigenvalue weighted by Gasteiger charge is 2.14. The Hall–Kier alpha value is -1.83. The number of hydrogen-bond donors (Lipinski definition) is 2. The molecule has 0 fully saturated rings. The first-order valence-electron chi connectivity index (χ1n) is 4.93. The van der Waals surface area contributed by atoms with Gasteiger partial charge in [0.25, 0.3) is 0 Å². The average molecular weight is 206 g/mol. The first-order valence-corrected chi connectivity index (χ1v) is 4.93. The Labute approximate surface area is 88.5 Å². The zero-order chi connectivity index (χ0) is 11.1. The van der Waals surface area contributed by atoms with Crippen molar-refractivity contribution in [2.45, 2.75) is 19.8 Å². The molecule has 0 spiro atoms. The van der Waals surface area contributed by atoms with Crippen LogP contribution in [-0.4, -0.2) is 22.4 Å². The Balaban J connectivity index is 2.26. The molecule has 0 aliphatic rings. The summed E-state index contributed by atoms with van der Waals surface area (Å²) in [7, 11) is 0. The number of amides is 1. The molecule has 1 unspecified atom stereocenters. The molecule has 5 heteroatoms. The van der Waals surface area contributed by atoms with Gasteiger partial charge in [-0.15, -0.1) is 0 Å². The lowest BCUT2D eigenvalue weighted by Crippen LogP contribution is -2.31. The monoisotopic (exact) mass is 206 g/mol. The van der Waals surface area contributed by atoms with Crippen molar-refractivity contribution < 1.29 is 4.79 Å². The first kappa shape index (κ1) is 11.2. The van der Waals surface area contributed by atoms with E-state index in [2.05, 4.69) is 15.3 Å². The second kappa shape index (κ2) is 5.81. The maximum absolute atomic E-state index is 11.4. The van der Waals surface area contributed by atoms with Crippen LogP contribution < -0.4 is 5.32 Å². The fourth-order valence-corrected chi connectivity index (χ4v) is 1.20. The SMILES string of the molecule is CCC(C#N)C(=O)NCCc1ncc[nH]1. The van der Waals surface area contributed by atoms with Gasteiger partial charge in [0.2, 0.25) is 5.91 Å². The largest absolute Gasteiger partial charge is 0.355 e. The van der Waals surface area contributed by atoms with Gasteiger partial charge < -0.3 is 10.3 Å². The second-order valence-electron chi connectivity index (χ2n) is 3.17. The number of H-pyrrole nitrogens is 1. The van der Waals surface area contributed by atoms with Crippen LogP contribution in [0.2, 0.25) is 0 Å². The molecule has 0 bridgehead atoms. The van der Waals surface area contributed by atoms with Crippen LogP contribution in [0.1, 0.15) is 19.2 Å². The number of rotatable bonds is 5. The summed E-state index contributed by atoms with van der Waals surface area (Å²) in [6.07, 6.45) is 4.60. The van der Waals surface area contributed by atoms with Gasteiger partial charge in [0, 0.05) is 25.4 Å². The zero-order valence-electron chi connectivity index (χ0n) is 8.66. The Morgan fingerprint density at radius 1 is 1.80 bits per heavy atom. The van der Waals surface area contributed by atoms with Gasteiger partial charge in [-0.1, -0.05) is 6.92 Å². The van der Waals surface area contributed by atoms with Gasteiger partial charge in [-0.2, -0.15) is 5.26 Å². The van der Waals surface area contributed by atoms with Gasteiger partial charge >= 0.3 is 0 Å². The summed E-state index contributed by atoms with van der Waals surface area (Å²) >= 11 is 0. The lowest BCUT2D eigenvalue weighted by Gasteiger charge is -2.06. The smallest absolute Gasteiger partial charge is 0.237 e. The van der Waals surface area contributed by atoms with E-state index in [1.54, 1.807) is 12.4 Å². The molecule has 0 aliphatic heterocycles. The third kappa shape index (κ3) is 3.43.